The van der Waals surface area contributed by atoms with Crippen molar-refractivity contribution in [3.8, 4) is 11.5 Å². The number of hydrogen-bond donors (Lipinski definition) is 1. The highest BCUT2D eigenvalue weighted by Gasteiger charge is 2.11. The number of carbonyl (C=O) groups excluding carboxylic acids is 1. The summed E-state index contributed by atoms with van der Waals surface area (Å²) in [7, 11) is 3.36. The molecule has 0 aliphatic carbocycles. The summed E-state index contributed by atoms with van der Waals surface area (Å²) < 4.78 is 5.52. The van der Waals surface area contributed by atoms with Crippen molar-refractivity contribution in [2.75, 3.05) is 20.6 Å². The number of nitrogens with one attached hydrogen (secondary N) is 1. The highest BCUT2D eigenvalue weighted by Crippen LogP contribution is 2.26. The van der Waals surface area contributed by atoms with Crippen molar-refractivity contribution < 1.29 is 9.21 Å². The van der Waals surface area contributed by atoms with E-state index in [0.29, 0.717) is 35.3 Å². The van der Waals surface area contributed by atoms with Crippen molar-refractivity contribution in [1.82, 2.24) is 20.4 Å². The average molecular weight is 295 g/mol. The Kier molecular flexibility index (Phi) is 4.57. The lowest BCUT2D eigenvalue weighted by atomic mass is 10.2. The van der Waals surface area contributed by atoms with Crippen LogP contribution in [0.5, 0.6) is 0 Å². The normalized spacial score (nSPS) is 10.3. The van der Waals surface area contributed by atoms with Crippen LogP contribution in [0.15, 0.2) is 28.7 Å². The fourth-order valence-corrected chi connectivity index (χ4v) is 1.75. The Labute approximate surface area is 121 Å². The topological polar surface area (TPSA) is 71.3 Å². The van der Waals surface area contributed by atoms with Crippen molar-refractivity contribution in [3.05, 3.63) is 35.2 Å². The molecule has 0 saturated heterocycles. The Bertz CT molecular complexity index is 598. The molecule has 1 aromatic carbocycles. The van der Waals surface area contributed by atoms with Gasteiger partial charge in [-0.2, -0.15) is 0 Å². The zero-order valence-corrected chi connectivity index (χ0v) is 12.0. The first kappa shape index (κ1) is 14.3. The summed E-state index contributed by atoms with van der Waals surface area (Å²) >= 11 is 6.06. The number of urea groups is 1. The van der Waals surface area contributed by atoms with Gasteiger partial charge in [0, 0.05) is 27.1 Å². The molecule has 2 rings (SSSR count). The Morgan fingerprint density at radius 2 is 2.10 bits per heavy atom. The van der Waals surface area contributed by atoms with E-state index in [4.69, 9.17) is 16.0 Å². The molecule has 6 nitrogen and oxygen atoms in total. The highest BCUT2D eigenvalue weighted by atomic mass is 35.5. The lowest BCUT2D eigenvalue weighted by molar-refractivity contribution is 0.217. The van der Waals surface area contributed by atoms with Crippen LogP contribution >= 0.6 is 11.6 Å². The monoisotopic (exact) mass is 294 g/mol. The van der Waals surface area contributed by atoms with Crippen LogP contribution in [0.3, 0.4) is 0 Å². The van der Waals surface area contributed by atoms with Crippen molar-refractivity contribution in [2.24, 2.45) is 0 Å². The number of hydrogen-bond acceptors (Lipinski definition) is 4. The Balaban J connectivity index is 1.96. The number of rotatable bonds is 4. The first-order chi connectivity index (χ1) is 9.58. The van der Waals surface area contributed by atoms with Crippen LogP contribution in [-0.4, -0.2) is 41.8 Å². The zero-order chi connectivity index (χ0) is 14.5. The molecule has 2 aromatic rings. The largest absolute Gasteiger partial charge is 0.421 e. The molecule has 0 aliphatic heterocycles. The van der Waals surface area contributed by atoms with Gasteiger partial charge in [0.15, 0.2) is 0 Å². The maximum Gasteiger partial charge on any atom is 0.316 e. The molecule has 0 fully saturated rings. The van der Waals surface area contributed by atoms with Gasteiger partial charge >= 0.3 is 6.03 Å². The minimum absolute atomic E-state index is 0.157. The van der Waals surface area contributed by atoms with Gasteiger partial charge in [0.2, 0.25) is 11.8 Å². The van der Waals surface area contributed by atoms with E-state index in [-0.39, 0.29) is 6.03 Å². The molecular formula is C13H15ClN4O2. The number of carbonyl (C=O) groups is 1. The van der Waals surface area contributed by atoms with E-state index in [1.807, 2.05) is 18.2 Å². The van der Waals surface area contributed by atoms with E-state index in [0.717, 1.165) is 0 Å². The first-order valence-corrected chi connectivity index (χ1v) is 6.48. The third-order valence-electron chi connectivity index (χ3n) is 2.59. The molecule has 0 unspecified atom stereocenters. The smallest absolute Gasteiger partial charge is 0.316 e. The molecule has 1 aromatic heterocycles. The summed E-state index contributed by atoms with van der Waals surface area (Å²) in [4.78, 5) is 12.8. The number of benzene rings is 1. The molecule has 0 saturated carbocycles. The molecule has 1 heterocycles. The van der Waals surface area contributed by atoms with Crippen molar-refractivity contribution in [1.29, 1.82) is 0 Å². The molecule has 0 spiro atoms. The molecule has 0 atom stereocenters. The van der Waals surface area contributed by atoms with Crippen LogP contribution in [0.4, 0.5) is 4.79 Å². The summed E-state index contributed by atoms with van der Waals surface area (Å²) in [6, 6.07) is 7.10. The lowest BCUT2D eigenvalue weighted by Crippen LogP contribution is -2.35. The fraction of sp³-hybridized carbons (Fsp3) is 0.308. The fourth-order valence-electron chi connectivity index (χ4n) is 1.53. The predicted molar refractivity (Wildman–Crippen MR) is 75.5 cm³/mol. The van der Waals surface area contributed by atoms with Crippen LogP contribution < -0.4 is 5.32 Å². The van der Waals surface area contributed by atoms with Crippen molar-refractivity contribution >= 4 is 17.6 Å². The first-order valence-electron chi connectivity index (χ1n) is 6.10. The van der Waals surface area contributed by atoms with Crippen LogP contribution in [0.1, 0.15) is 5.89 Å². The quantitative estimate of drug-likeness (QED) is 0.938. The van der Waals surface area contributed by atoms with E-state index in [9.17, 15) is 4.79 Å². The van der Waals surface area contributed by atoms with Crippen LogP contribution in [0.2, 0.25) is 5.02 Å². The van der Waals surface area contributed by atoms with Crippen LogP contribution in [-0.2, 0) is 6.42 Å². The third kappa shape index (κ3) is 3.48. The highest BCUT2D eigenvalue weighted by molar-refractivity contribution is 6.33. The maximum absolute atomic E-state index is 11.3. The standard InChI is InChI=1S/C13H15ClN4O2/c1-18(2)13(19)15-8-7-11-16-17-12(20-11)9-5-3-4-6-10(9)14/h3-6H,7-8H2,1-2H3,(H,15,19). The van der Waals surface area contributed by atoms with Crippen molar-refractivity contribution in [3.63, 3.8) is 0 Å². The average Bonchev–Trinajstić information content (AvgIpc) is 2.87. The summed E-state index contributed by atoms with van der Waals surface area (Å²) in [6.07, 6.45) is 0.469. The third-order valence-corrected chi connectivity index (χ3v) is 2.92. The molecule has 2 amide bonds. The Hall–Kier alpha value is -2.08. The molecule has 0 bridgehead atoms. The van der Waals surface area contributed by atoms with Gasteiger partial charge in [0.25, 0.3) is 0 Å². The van der Waals surface area contributed by atoms with Crippen LogP contribution in [0.25, 0.3) is 11.5 Å². The van der Waals surface area contributed by atoms with Gasteiger partial charge in [-0.15, -0.1) is 10.2 Å². The Morgan fingerprint density at radius 3 is 2.80 bits per heavy atom. The Morgan fingerprint density at radius 1 is 1.35 bits per heavy atom. The van der Waals surface area contributed by atoms with E-state index >= 15 is 0 Å². The second kappa shape index (κ2) is 6.38. The maximum atomic E-state index is 11.3. The van der Waals surface area contributed by atoms with E-state index in [2.05, 4.69) is 15.5 Å². The van der Waals surface area contributed by atoms with Gasteiger partial charge in [-0.3, -0.25) is 0 Å². The van der Waals surface area contributed by atoms with E-state index in [1.165, 1.54) is 4.90 Å². The van der Waals surface area contributed by atoms with E-state index in [1.54, 1.807) is 20.2 Å². The number of halogens is 1. The van der Waals surface area contributed by atoms with E-state index < -0.39 is 0 Å². The molecule has 20 heavy (non-hydrogen) atoms. The molecule has 106 valence electrons. The molecule has 0 aliphatic rings. The van der Waals surface area contributed by atoms with Gasteiger partial charge in [-0.1, -0.05) is 23.7 Å². The molecule has 1 N–H and O–H groups in total. The summed E-state index contributed by atoms with van der Waals surface area (Å²) in [5.41, 5.74) is 0.699. The van der Waals surface area contributed by atoms with Gasteiger partial charge in [0.05, 0.1) is 10.6 Å². The predicted octanol–water partition coefficient (Wildman–Crippen LogP) is 2.20. The molecule has 7 heteroatoms. The minimum Gasteiger partial charge on any atom is -0.421 e. The zero-order valence-electron chi connectivity index (χ0n) is 11.3. The van der Waals surface area contributed by atoms with Gasteiger partial charge < -0.3 is 14.6 Å². The SMILES string of the molecule is CN(C)C(=O)NCCc1nnc(-c2ccccc2Cl)o1. The van der Waals surface area contributed by atoms with Crippen molar-refractivity contribution in [2.45, 2.75) is 6.42 Å². The summed E-state index contributed by atoms with van der Waals surface area (Å²) in [5, 5.41) is 11.2. The van der Waals surface area contributed by atoms with Gasteiger partial charge in [-0.25, -0.2) is 4.79 Å². The van der Waals surface area contributed by atoms with Gasteiger partial charge in [0.1, 0.15) is 0 Å². The second-order valence-corrected chi connectivity index (χ2v) is 4.76. The molecule has 0 radical (unpaired) electrons. The number of aromatic nitrogens is 2. The molecular weight excluding hydrogens is 280 g/mol. The lowest BCUT2D eigenvalue weighted by Gasteiger charge is -2.10. The summed E-state index contributed by atoms with van der Waals surface area (Å²) in [5.74, 6) is 0.837. The number of nitrogens with zero attached hydrogens (tertiary/aromatic N) is 3. The van der Waals surface area contributed by atoms with Gasteiger partial charge in [-0.05, 0) is 12.1 Å². The van der Waals surface area contributed by atoms with Crippen LogP contribution in [0, 0.1) is 0 Å². The second-order valence-electron chi connectivity index (χ2n) is 4.36. The minimum atomic E-state index is -0.157. The number of amides is 2. The summed E-state index contributed by atoms with van der Waals surface area (Å²) in [6.45, 7) is 0.432.